The van der Waals surface area contributed by atoms with E-state index >= 15 is 0 Å². The molecule has 0 aliphatic heterocycles. The van der Waals surface area contributed by atoms with Gasteiger partial charge in [-0.3, -0.25) is 4.79 Å². The molecule has 5 heteroatoms. The third-order valence-corrected chi connectivity index (χ3v) is 3.13. The SMILES string of the molecule is O=C(O)C(NCCc1ccccc1)c1ccc(F)c(F)c1. The van der Waals surface area contributed by atoms with E-state index in [-0.39, 0.29) is 5.56 Å². The molecule has 2 aromatic carbocycles. The number of hydrogen-bond acceptors (Lipinski definition) is 2. The lowest BCUT2D eigenvalue weighted by Gasteiger charge is -2.15. The van der Waals surface area contributed by atoms with E-state index in [1.54, 1.807) is 0 Å². The van der Waals surface area contributed by atoms with Crippen LogP contribution in [0.15, 0.2) is 48.5 Å². The molecule has 2 rings (SSSR count). The molecular formula is C16H15F2NO2. The molecule has 0 amide bonds. The van der Waals surface area contributed by atoms with E-state index in [0.29, 0.717) is 13.0 Å². The van der Waals surface area contributed by atoms with E-state index in [0.717, 1.165) is 17.7 Å². The number of benzene rings is 2. The van der Waals surface area contributed by atoms with Crippen LogP contribution in [0.5, 0.6) is 0 Å². The Labute approximate surface area is 121 Å². The molecule has 1 atom stereocenters. The van der Waals surface area contributed by atoms with Crippen LogP contribution in [0.25, 0.3) is 0 Å². The zero-order valence-corrected chi connectivity index (χ0v) is 11.2. The largest absolute Gasteiger partial charge is 0.480 e. The second-order valence-corrected chi connectivity index (χ2v) is 4.63. The third kappa shape index (κ3) is 4.10. The Morgan fingerprint density at radius 1 is 1.10 bits per heavy atom. The highest BCUT2D eigenvalue weighted by atomic mass is 19.2. The molecule has 1 unspecified atom stereocenters. The summed E-state index contributed by atoms with van der Waals surface area (Å²) < 4.78 is 26.1. The molecule has 0 saturated carbocycles. The minimum absolute atomic E-state index is 0.189. The minimum atomic E-state index is -1.13. The van der Waals surface area contributed by atoms with Gasteiger partial charge in [-0.05, 0) is 29.7 Å². The summed E-state index contributed by atoms with van der Waals surface area (Å²) in [7, 11) is 0. The van der Waals surface area contributed by atoms with Crippen molar-refractivity contribution < 1.29 is 18.7 Å². The number of aliphatic carboxylic acids is 1. The molecule has 0 radical (unpaired) electrons. The van der Waals surface area contributed by atoms with Crippen molar-refractivity contribution in [3.05, 3.63) is 71.3 Å². The van der Waals surface area contributed by atoms with Crippen LogP contribution in [0.4, 0.5) is 8.78 Å². The van der Waals surface area contributed by atoms with Crippen LogP contribution >= 0.6 is 0 Å². The highest BCUT2D eigenvalue weighted by Gasteiger charge is 2.20. The zero-order valence-electron chi connectivity index (χ0n) is 11.2. The Hall–Kier alpha value is -2.27. The van der Waals surface area contributed by atoms with Crippen molar-refractivity contribution in [1.29, 1.82) is 0 Å². The first kappa shape index (κ1) is 15.1. The van der Waals surface area contributed by atoms with Gasteiger partial charge in [-0.2, -0.15) is 0 Å². The first-order valence-corrected chi connectivity index (χ1v) is 6.53. The maximum Gasteiger partial charge on any atom is 0.325 e. The molecule has 2 aromatic rings. The van der Waals surface area contributed by atoms with Gasteiger partial charge < -0.3 is 10.4 Å². The molecule has 0 fully saturated rings. The fraction of sp³-hybridized carbons (Fsp3) is 0.188. The average molecular weight is 291 g/mol. The fourth-order valence-corrected chi connectivity index (χ4v) is 2.05. The minimum Gasteiger partial charge on any atom is -0.480 e. The number of carbonyl (C=O) groups is 1. The first-order valence-electron chi connectivity index (χ1n) is 6.53. The highest BCUT2D eigenvalue weighted by molar-refractivity contribution is 5.75. The number of rotatable bonds is 6. The van der Waals surface area contributed by atoms with Crippen LogP contribution in [0.2, 0.25) is 0 Å². The maximum absolute atomic E-state index is 13.2. The summed E-state index contributed by atoms with van der Waals surface area (Å²) in [6.07, 6.45) is 0.647. The smallest absolute Gasteiger partial charge is 0.325 e. The van der Waals surface area contributed by atoms with Crippen molar-refractivity contribution in [2.45, 2.75) is 12.5 Å². The van der Waals surface area contributed by atoms with Crippen LogP contribution in [-0.2, 0) is 11.2 Å². The molecular weight excluding hydrogens is 276 g/mol. The highest BCUT2D eigenvalue weighted by Crippen LogP contribution is 2.17. The van der Waals surface area contributed by atoms with Gasteiger partial charge in [0.1, 0.15) is 6.04 Å². The van der Waals surface area contributed by atoms with Crippen LogP contribution in [0.3, 0.4) is 0 Å². The standard InChI is InChI=1S/C16H15F2NO2/c17-13-7-6-12(10-14(13)18)15(16(20)21)19-9-8-11-4-2-1-3-5-11/h1-7,10,15,19H,8-9H2,(H,20,21). The lowest BCUT2D eigenvalue weighted by Crippen LogP contribution is -2.30. The molecule has 0 heterocycles. The Morgan fingerprint density at radius 3 is 2.43 bits per heavy atom. The van der Waals surface area contributed by atoms with Crippen LogP contribution in [0.1, 0.15) is 17.2 Å². The predicted molar refractivity (Wildman–Crippen MR) is 74.9 cm³/mol. The van der Waals surface area contributed by atoms with Gasteiger partial charge in [0.15, 0.2) is 11.6 Å². The van der Waals surface area contributed by atoms with Crippen molar-refractivity contribution in [3.8, 4) is 0 Å². The lowest BCUT2D eigenvalue weighted by atomic mass is 10.1. The number of carboxylic acid groups (broad SMARTS) is 1. The van der Waals surface area contributed by atoms with Crippen molar-refractivity contribution in [1.82, 2.24) is 5.32 Å². The molecule has 2 N–H and O–H groups in total. The summed E-state index contributed by atoms with van der Waals surface area (Å²) in [5.41, 5.74) is 1.26. The van der Waals surface area contributed by atoms with E-state index in [9.17, 15) is 18.7 Å². The lowest BCUT2D eigenvalue weighted by molar-refractivity contribution is -0.139. The van der Waals surface area contributed by atoms with E-state index in [1.807, 2.05) is 30.3 Å². The molecule has 0 aromatic heterocycles. The Bertz CT molecular complexity index is 617. The van der Waals surface area contributed by atoms with Crippen molar-refractivity contribution in [3.63, 3.8) is 0 Å². The molecule has 110 valence electrons. The van der Waals surface area contributed by atoms with Crippen molar-refractivity contribution in [2.75, 3.05) is 6.54 Å². The molecule has 0 aliphatic rings. The number of hydrogen-bond donors (Lipinski definition) is 2. The van der Waals surface area contributed by atoms with E-state index in [1.165, 1.54) is 6.07 Å². The van der Waals surface area contributed by atoms with Gasteiger partial charge in [0.25, 0.3) is 0 Å². The molecule has 0 bridgehead atoms. The Balaban J connectivity index is 2.02. The van der Waals surface area contributed by atoms with Gasteiger partial charge in [0.2, 0.25) is 0 Å². The number of carboxylic acids is 1. The van der Waals surface area contributed by atoms with Gasteiger partial charge in [-0.1, -0.05) is 36.4 Å². The Morgan fingerprint density at radius 2 is 1.81 bits per heavy atom. The number of nitrogens with one attached hydrogen (secondary N) is 1. The Kier molecular flexibility index (Phi) is 5.00. The van der Waals surface area contributed by atoms with Gasteiger partial charge >= 0.3 is 5.97 Å². The van der Waals surface area contributed by atoms with Crippen molar-refractivity contribution in [2.24, 2.45) is 0 Å². The summed E-state index contributed by atoms with van der Waals surface area (Å²) in [4.78, 5) is 11.3. The quantitative estimate of drug-likeness (QED) is 0.860. The van der Waals surface area contributed by atoms with Crippen molar-refractivity contribution >= 4 is 5.97 Å². The van der Waals surface area contributed by atoms with E-state index < -0.39 is 23.6 Å². The molecule has 0 saturated heterocycles. The van der Waals surface area contributed by atoms with Crippen LogP contribution in [-0.4, -0.2) is 17.6 Å². The van der Waals surface area contributed by atoms with E-state index in [2.05, 4.69) is 5.32 Å². The van der Waals surface area contributed by atoms with Gasteiger partial charge in [0.05, 0.1) is 0 Å². The summed E-state index contributed by atoms with van der Waals surface area (Å²) >= 11 is 0. The summed E-state index contributed by atoms with van der Waals surface area (Å²) in [6.45, 7) is 0.417. The molecule has 3 nitrogen and oxygen atoms in total. The molecule has 0 aliphatic carbocycles. The summed E-state index contributed by atoms with van der Waals surface area (Å²) in [5.74, 6) is -3.18. The maximum atomic E-state index is 13.2. The summed E-state index contributed by atoms with van der Waals surface area (Å²) in [5, 5.41) is 12.0. The second-order valence-electron chi connectivity index (χ2n) is 4.63. The van der Waals surface area contributed by atoms with Gasteiger partial charge in [-0.15, -0.1) is 0 Å². The average Bonchev–Trinajstić information content (AvgIpc) is 2.47. The normalized spacial score (nSPS) is 12.1. The topological polar surface area (TPSA) is 49.3 Å². The molecule has 0 spiro atoms. The predicted octanol–water partition coefficient (Wildman–Crippen LogP) is 2.92. The van der Waals surface area contributed by atoms with Gasteiger partial charge in [0, 0.05) is 6.54 Å². The van der Waals surface area contributed by atoms with Gasteiger partial charge in [-0.25, -0.2) is 8.78 Å². The monoisotopic (exact) mass is 291 g/mol. The zero-order chi connectivity index (χ0) is 15.2. The van der Waals surface area contributed by atoms with E-state index in [4.69, 9.17) is 0 Å². The molecule has 21 heavy (non-hydrogen) atoms. The second kappa shape index (κ2) is 6.95. The number of halogens is 2. The van der Waals surface area contributed by atoms with Crippen LogP contribution < -0.4 is 5.32 Å². The summed E-state index contributed by atoms with van der Waals surface area (Å²) in [6, 6.07) is 11.6. The fourth-order valence-electron chi connectivity index (χ4n) is 2.05. The van der Waals surface area contributed by atoms with Crippen LogP contribution in [0, 0.1) is 11.6 Å². The first-order chi connectivity index (χ1) is 10.1. The third-order valence-electron chi connectivity index (χ3n) is 3.13.